The zero-order valence-electron chi connectivity index (χ0n) is 30.5. The first-order valence-corrected chi connectivity index (χ1v) is 21.7. The molecule has 8 aromatic heterocycles. The topological polar surface area (TPSA) is 123 Å². The Morgan fingerprint density at radius 3 is 1.21 bits per heavy atom. The number of fused-ring (bicyclic) bond motifs is 10. The SMILES string of the molecule is Cn1ccnc1-c1cnc2c(c1)B1c3cc(-n4cccn4)cnc3Sc3c4c5c(c(c31)S2)Sc1ncc(-c2nccn2C)cc1B5c1cc(-n2cccn2)cnc1S4. The zero-order valence-corrected chi connectivity index (χ0v) is 33.8. The van der Waals surface area contributed by atoms with Crippen LogP contribution in [-0.4, -0.2) is 72.0 Å². The minimum Gasteiger partial charge on any atom is -0.334 e. The van der Waals surface area contributed by atoms with Gasteiger partial charge in [0.25, 0.3) is 13.4 Å². The Balaban J connectivity index is 1.08. The first-order chi connectivity index (χ1) is 28.6. The number of imidazole rings is 2. The van der Waals surface area contributed by atoms with Gasteiger partial charge >= 0.3 is 0 Å². The molecule has 58 heavy (non-hydrogen) atoms. The van der Waals surface area contributed by atoms with Crippen molar-refractivity contribution in [2.45, 2.75) is 39.7 Å². The summed E-state index contributed by atoms with van der Waals surface area (Å²) in [6, 6.07) is 13.0. The van der Waals surface area contributed by atoms with Crippen LogP contribution >= 0.6 is 47.0 Å². The highest BCUT2D eigenvalue weighted by Crippen LogP contribution is 2.50. The van der Waals surface area contributed by atoms with Gasteiger partial charge < -0.3 is 9.13 Å². The maximum Gasteiger partial charge on any atom is 0.251 e. The normalized spacial score (nSPS) is 14.0. The molecular formula is C40H24B2N12S4. The van der Waals surface area contributed by atoms with Gasteiger partial charge in [0.15, 0.2) is 0 Å². The van der Waals surface area contributed by atoms with Crippen LogP contribution in [0.25, 0.3) is 34.2 Å². The molecule has 0 atom stereocenters. The summed E-state index contributed by atoms with van der Waals surface area (Å²) >= 11 is 7.06. The highest BCUT2D eigenvalue weighted by molar-refractivity contribution is 8.05. The Bertz CT molecular complexity index is 2970. The summed E-state index contributed by atoms with van der Waals surface area (Å²) in [5.41, 5.74) is 10.9. The molecule has 0 fully saturated rings. The van der Waals surface area contributed by atoms with Crippen molar-refractivity contribution in [1.29, 1.82) is 0 Å². The standard InChI is InChI=1S/C40H24B2N12S4/c1-51-11-7-43-35(51)21-13-25-37(45-17-21)55-31-29-33(57-39-27(41(25)29)15-23(19-47-39)53-9-3-5-49-53)34-30-32(31)56-38-26(14-22(18-46-38)36-44-8-12-52(36)2)42(30)28-16-24(20-48-40(28)58-34)54-10-4-6-50-54/h3-20H,1-2H3. The molecule has 4 aliphatic heterocycles. The van der Waals surface area contributed by atoms with E-state index >= 15 is 0 Å². The highest BCUT2D eigenvalue weighted by atomic mass is 32.2. The fourth-order valence-corrected chi connectivity index (χ4v) is 13.7. The van der Waals surface area contributed by atoms with Crippen molar-refractivity contribution in [1.82, 2.24) is 58.6 Å². The predicted molar refractivity (Wildman–Crippen MR) is 228 cm³/mol. The van der Waals surface area contributed by atoms with Gasteiger partial charge in [-0.05, 0) is 57.0 Å². The van der Waals surface area contributed by atoms with E-state index in [2.05, 4.69) is 34.5 Å². The van der Waals surface area contributed by atoms with Gasteiger partial charge in [-0.3, -0.25) is 0 Å². The summed E-state index contributed by atoms with van der Waals surface area (Å²) in [4.78, 5) is 35.1. The number of aryl methyl sites for hydroxylation is 2. The van der Waals surface area contributed by atoms with E-state index in [1.807, 2.05) is 107 Å². The number of pyridine rings is 4. The van der Waals surface area contributed by atoms with Crippen LogP contribution in [0.3, 0.4) is 0 Å². The number of hydrogen-bond donors (Lipinski definition) is 0. The summed E-state index contributed by atoms with van der Waals surface area (Å²) in [5.74, 6) is 1.75. The predicted octanol–water partition coefficient (Wildman–Crippen LogP) is 3.33. The van der Waals surface area contributed by atoms with E-state index in [-0.39, 0.29) is 13.4 Å². The number of nitrogens with zero attached hydrogens (tertiary/aromatic N) is 12. The maximum atomic E-state index is 5.21. The lowest BCUT2D eigenvalue weighted by Crippen LogP contribution is -2.63. The Morgan fingerprint density at radius 2 is 0.845 bits per heavy atom. The molecule has 0 unspecified atom stereocenters. The zero-order chi connectivity index (χ0) is 38.2. The molecule has 12 nitrogen and oxygen atoms in total. The minimum absolute atomic E-state index is 0.133. The molecule has 9 aromatic rings. The Hall–Kier alpha value is -5.81. The number of aromatic nitrogens is 12. The van der Waals surface area contributed by atoms with Crippen LogP contribution in [0.1, 0.15) is 0 Å². The Morgan fingerprint density at radius 1 is 0.448 bits per heavy atom. The molecule has 0 N–H and O–H groups in total. The van der Waals surface area contributed by atoms with Crippen molar-refractivity contribution in [2.24, 2.45) is 14.1 Å². The van der Waals surface area contributed by atoms with Crippen molar-refractivity contribution in [2.75, 3.05) is 0 Å². The maximum absolute atomic E-state index is 5.21. The third-order valence-corrected chi connectivity index (χ3v) is 16.1. The third-order valence-electron chi connectivity index (χ3n) is 11.2. The van der Waals surface area contributed by atoms with E-state index in [1.165, 1.54) is 30.5 Å². The fourth-order valence-electron chi connectivity index (χ4n) is 8.62. The van der Waals surface area contributed by atoms with Gasteiger partial charge in [0.05, 0.1) is 43.9 Å². The molecule has 0 saturated carbocycles. The van der Waals surface area contributed by atoms with Gasteiger partial charge in [-0.25, -0.2) is 39.3 Å². The molecule has 0 saturated heterocycles. The molecular weight excluding hydrogens is 798 g/mol. The summed E-state index contributed by atoms with van der Waals surface area (Å²) in [5, 5.41) is 13.0. The van der Waals surface area contributed by atoms with Crippen LogP contribution in [0, 0.1) is 0 Å². The molecule has 18 heteroatoms. The van der Waals surface area contributed by atoms with E-state index in [4.69, 9.17) is 29.9 Å². The van der Waals surface area contributed by atoms with Gasteiger partial charge in [-0.1, -0.05) is 59.2 Å². The summed E-state index contributed by atoms with van der Waals surface area (Å²) in [7, 11) is 4.04. The second-order valence-electron chi connectivity index (χ2n) is 14.5. The number of benzene rings is 1. The van der Waals surface area contributed by atoms with Crippen molar-refractivity contribution >= 4 is 93.2 Å². The van der Waals surface area contributed by atoms with Crippen molar-refractivity contribution in [3.8, 4) is 34.2 Å². The lowest BCUT2D eigenvalue weighted by molar-refractivity contribution is 0.869. The van der Waals surface area contributed by atoms with E-state index in [0.29, 0.717) is 0 Å². The quantitative estimate of drug-likeness (QED) is 0.242. The van der Waals surface area contributed by atoms with Crippen LogP contribution in [-0.2, 0) is 14.1 Å². The molecule has 13 rings (SSSR count). The summed E-state index contributed by atoms with van der Waals surface area (Å²) < 4.78 is 7.84. The minimum atomic E-state index is -0.133. The van der Waals surface area contributed by atoms with Crippen LogP contribution in [0.4, 0.5) is 0 Å². The van der Waals surface area contributed by atoms with Crippen molar-refractivity contribution in [3.63, 3.8) is 0 Å². The first kappa shape index (κ1) is 33.2. The van der Waals surface area contributed by atoms with E-state index in [9.17, 15) is 0 Å². The van der Waals surface area contributed by atoms with Gasteiger partial charge in [0, 0.05) is 107 Å². The third kappa shape index (κ3) is 4.73. The van der Waals surface area contributed by atoms with Crippen LogP contribution in [0.15, 0.2) is 150 Å². The van der Waals surface area contributed by atoms with Gasteiger partial charge in [-0.15, -0.1) is 0 Å². The van der Waals surface area contributed by atoms with E-state index < -0.39 is 0 Å². The van der Waals surface area contributed by atoms with Gasteiger partial charge in [0.1, 0.15) is 11.6 Å². The monoisotopic (exact) mass is 822 g/mol. The largest absolute Gasteiger partial charge is 0.334 e. The summed E-state index contributed by atoms with van der Waals surface area (Å²) in [6.45, 7) is -0.266. The Kier molecular flexibility index (Phi) is 7.07. The molecule has 0 spiro atoms. The van der Waals surface area contributed by atoms with Gasteiger partial charge in [-0.2, -0.15) is 10.2 Å². The van der Waals surface area contributed by atoms with E-state index in [1.54, 1.807) is 59.4 Å². The molecule has 274 valence electrons. The van der Waals surface area contributed by atoms with Crippen LogP contribution in [0.5, 0.6) is 0 Å². The average molecular weight is 823 g/mol. The lowest BCUT2D eigenvalue weighted by atomic mass is 9.34. The molecule has 0 amide bonds. The second-order valence-corrected chi connectivity index (χ2v) is 18.5. The van der Waals surface area contributed by atoms with Gasteiger partial charge in [0.2, 0.25) is 0 Å². The van der Waals surface area contributed by atoms with Crippen molar-refractivity contribution < 1.29 is 0 Å². The van der Waals surface area contributed by atoms with Crippen molar-refractivity contribution in [3.05, 3.63) is 111 Å². The summed E-state index contributed by atoms with van der Waals surface area (Å²) in [6.07, 6.45) is 22.9. The molecule has 0 radical (unpaired) electrons. The second kappa shape index (κ2) is 12.3. The first-order valence-electron chi connectivity index (χ1n) is 18.5. The van der Waals surface area contributed by atoms with Crippen LogP contribution < -0.4 is 32.8 Å². The smallest absolute Gasteiger partial charge is 0.251 e. The number of rotatable bonds is 4. The average Bonchev–Trinajstić information content (AvgIpc) is 4.11. The molecule has 1 aromatic carbocycles. The highest BCUT2D eigenvalue weighted by Gasteiger charge is 2.49. The Labute approximate surface area is 348 Å². The molecule has 4 aliphatic rings. The van der Waals surface area contributed by atoms with Crippen LogP contribution in [0.2, 0.25) is 0 Å². The molecule has 0 bridgehead atoms. The molecule has 12 heterocycles. The molecule has 0 aliphatic carbocycles. The lowest BCUT2D eigenvalue weighted by Gasteiger charge is -2.40. The van der Waals surface area contributed by atoms with E-state index in [0.717, 1.165) is 76.1 Å². The fraction of sp³-hybridized carbons (Fsp3) is 0.0500. The number of hydrogen-bond acceptors (Lipinski definition) is 12.